The van der Waals surface area contributed by atoms with E-state index < -0.39 is 0 Å². The zero-order valence-corrected chi connectivity index (χ0v) is 9.67. The van der Waals surface area contributed by atoms with Gasteiger partial charge >= 0.3 is 0 Å². The second-order valence-corrected chi connectivity index (χ2v) is 3.57. The first-order valence-corrected chi connectivity index (χ1v) is 5.62. The molecule has 0 amide bonds. The van der Waals surface area contributed by atoms with Crippen molar-refractivity contribution in [3.8, 4) is 0 Å². The van der Waals surface area contributed by atoms with Crippen LogP contribution in [0.25, 0.3) is 0 Å². The van der Waals surface area contributed by atoms with Crippen molar-refractivity contribution in [3.63, 3.8) is 0 Å². The molecule has 0 aromatic carbocycles. The number of carbonyl (C=O) groups is 1. The van der Waals surface area contributed by atoms with Gasteiger partial charge in [-0.25, -0.2) is 0 Å². The second-order valence-electron chi connectivity index (χ2n) is 3.57. The Hall–Kier alpha value is -0.450. The number of nitrogens with two attached hydrogens (primary N) is 1. The molecule has 0 aliphatic heterocycles. The first-order chi connectivity index (χ1) is 7.27. The van der Waals surface area contributed by atoms with E-state index in [1.54, 1.807) is 0 Å². The predicted octanol–water partition coefficient (Wildman–Crippen LogP) is 1.13. The van der Waals surface area contributed by atoms with Crippen LogP contribution in [0.15, 0.2) is 0 Å². The Morgan fingerprint density at radius 2 is 1.67 bits per heavy atom. The molecule has 0 saturated heterocycles. The highest BCUT2D eigenvalue weighted by Gasteiger charge is 1.93. The van der Waals surface area contributed by atoms with Crippen molar-refractivity contribution in [1.82, 2.24) is 0 Å². The number of unbranched alkanes of at least 4 members (excludes halogenated alkanes) is 2. The Labute approximate surface area is 92.1 Å². The maximum absolute atomic E-state index is 10.5. The molecule has 0 heterocycles. The summed E-state index contributed by atoms with van der Waals surface area (Å²) < 4.78 is 10.5. The van der Waals surface area contributed by atoms with E-state index in [1.165, 1.54) is 6.92 Å². The van der Waals surface area contributed by atoms with Crippen LogP contribution in [0.1, 0.15) is 32.6 Å². The molecule has 0 aliphatic rings. The van der Waals surface area contributed by atoms with Crippen LogP contribution < -0.4 is 5.73 Å². The minimum absolute atomic E-state index is 0.0673. The van der Waals surface area contributed by atoms with Crippen LogP contribution in [0.2, 0.25) is 0 Å². The van der Waals surface area contributed by atoms with Crippen LogP contribution in [0.5, 0.6) is 0 Å². The van der Waals surface area contributed by atoms with Crippen molar-refractivity contribution in [2.45, 2.75) is 32.6 Å². The van der Waals surface area contributed by atoms with Gasteiger partial charge in [0.2, 0.25) is 0 Å². The normalized spacial score (nSPS) is 10.5. The lowest BCUT2D eigenvalue weighted by molar-refractivity contribution is -0.121. The molecule has 2 N–H and O–H groups in total. The number of Topliss-reactive ketones (excluding diaryl/α,β-unsaturated/α-hetero) is 1. The van der Waals surface area contributed by atoms with E-state index in [-0.39, 0.29) is 12.4 Å². The molecule has 0 saturated carbocycles. The van der Waals surface area contributed by atoms with Crippen LogP contribution in [0, 0.1) is 0 Å². The van der Waals surface area contributed by atoms with Crippen molar-refractivity contribution in [3.05, 3.63) is 0 Å². The van der Waals surface area contributed by atoms with Crippen LogP contribution in [-0.2, 0) is 14.3 Å². The minimum atomic E-state index is 0.0673. The summed E-state index contributed by atoms with van der Waals surface area (Å²) in [6.45, 7) is 4.61. The molecule has 4 nitrogen and oxygen atoms in total. The van der Waals surface area contributed by atoms with Crippen molar-refractivity contribution >= 4 is 5.78 Å². The summed E-state index contributed by atoms with van der Waals surface area (Å²) in [5.41, 5.74) is 5.36. The van der Waals surface area contributed by atoms with Crippen LogP contribution in [0.4, 0.5) is 0 Å². The lowest BCUT2D eigenvalue weighted by Gasteiger charge is -2.04. The summed E-state index contributed by atoms with van der Waals surface area (Å²) in [7, 11) is 0. The second kappa shape index (κ2) is 11.6. The van der Waals surface area contributed by atoms with Crippen LogP contribution >= 0.6 is 0 Å². The van der Waals surface area contributed by atoms with Crippen LogP contribution in [-0.4, -0.2) is 38.8 Å². The number of hydrogen-bond donors (Lipinski definition) is 1. The molecule has 15 heavy (non-hydrogen) atoms. The molecular weight excluding hydrogens is 194 g/mol. The lowest BCUT2D eigenvalue weighted by atomic mass is 10.2. The number of ketones is 1. The highest BCUT2D eigenvalue weighted by molar-refractivity contribution is 5.76. The molecule has 0 aliphatic carbocycles. The first kappa shape index (κ1) is 14.6. The third kappa shape index (κ3) is 13.6. The van der Waals surface area contributed by atoms with Gasteiger partial charge < -0.3 is 15.2 Å². The maximum Gasteiger partial charge on any atom is 0.155 e. The average molecular weight is 217 g/mol. The van der Waals surface area contributed by atoms with Crippen molar-refractivity contribution in [2.75, 3.05) is 33.0 Å². The van der Waals surface area contributed by atoms with Gasteiger partial charge in [-0.3, -0.25) is 4.79 Å². The molecule has 0 bridgehead atoms. The topological polar surface area (TPSA) is 61.5 Å². The third-order valence-corrected chi connectivity index (χ3v) is 1.88. The minimum Gasteiger partial charge on any atom is -0.381 e. The van der Waals surface area contributed by atoms with Crippen molar-refractivity contribution < 1.29 is 14.3 Å². The van der Waals surface area contributed by atoms with E-state index in [9.17, 15) is 4.79 Å². The van der Waals surface area contributed by atoms with E-state index in [2.05, 4.69) is 0 Å². The smallest absolute Gasteiger partial charge is 0.155 e. The standard InChI is InChI=1S/C11H23NO3/c1-11(13)10-15-9-5-8-14-7-4-2-3-6-12/h2-10,12H2,1H3. The quantitative estimate of drug-likeness (QED) is 0.527. The van der Waals surface area contributed by atoms with E-state index in [0.29, 0.717) is 13.2 Å². The van der Waals surface area contributed by atoms with Crippen molar-refractivity contribution in [1.29, 1.82) is 0 Å². The summed E-state index contributed by atoms with van der Waals surface area (Å²) >= 11 is 0. The van der Waals surface area contributed by atoms with Gasteiger partial charge in [0.15, 0.2) is 5.78 Å². The van der Waals surface area contributed by atoms with E-state index in [0.717, 1.165) is 38.8 Å². The lowest BCUT2D eigenvalue weighted by Crippen LogP contribution is -2.07. The molecule has 0 aromatic rings. The molecular formula is C11H23NO3. The average Bonchev–Trinajstić information content (AvgIpc) is 2.20. The van der Waals surface area contributed by atoms with Gasteiger partial charge in [0.1, 0.15) is 6.61 Å². The number of carbonyl (C=O) groups excluding carboxylic acids is 1. The maximum atomic E-state index is 10.5. The Balaban J connectivity index is 2.89. The van der Waals surface area contributed by atoms with Gasteiger partial charge in [0.25, 0.3) is 0 Å². The van der Waals surface area contributed by atoms with E-state index in [1.807, 2.05) is 0 Å². The molecule has 4 heteroatoms. The predicted molar refractivity (Wildman–Crippen MR) is 59.8 cm³/mol. The number of hydrogen-bond acceptors (Lipinski definition) is 4. The zero-order valence-electron chi connectivity index (χ0n) is 9.67. The number of rotatable bonds is 11. The molecule has 0 aromatic heterocycles. The monoisotopic (exact) mass is 217 g/mol. The summed E-state index contributed by atoms with van der Waals surface area (Å²) in [6, 6.07) is 0. The largest absolute Gasteiger partial charge is 0.381 e. The summed E-state index contributed by atoms with van der Waals surface area (Å²) in [6.07, 6.45) is 4.14. The van der Waals surface area contributed by atoms with Crippen molar-refractivity contribution in [2.24, 2.45) is 5.73 Å². The molecule has 0 spiro atoms. The van der Waals surface area contributed by atoms with Gasteiger partial charge in [0, 0.05) is 19.8 Å². The fourth-order valence-electron chi connectivity index (χ4n) is 1.11. The zero-order chi connectivity index (χ0) is 11.4. The summed E-state index contributed by atoms with van der Waals surface area (Å²) in [5, 5.41) is 0. The Morgan fingerprint density at radius 3 is 2.33 bits per heavy atom. The highest BCUT2D eigenvalue weighted by Crippen LogP contribution is 1.94. The Bertz CT molecular complexity index is 151. The fourth-order valence-corrected chi connectivity index (χ4v) is 1.11. The van der Waals surface area contributed by atoms with E-state index >= 15 is 0 Å². The molecule has 0 rings (SSSR count). The Morgan fingerprint density at radius 1 is 1.00 bits per heavy atom. The van der Waals surface area contributed by atoms with Gasteiger partial charge in [-0.2, -0.15) is 0 Å². The van der Waals surface area contributed by atoms with Gasteiger partial charge in [-0.15, -0.1) is 0 Å². The third-order valence-electron chi connectivity index (χ3n) is 1.88. The van der Waals surface area contributed by atoms with Crippen LogP contribution in [0.3, 0.4) is 0 Å². The van der Waals surface area contributed by atoms with Gasteiger partial charge in [-0.1, -0.05) is 0 Å². The molecule has 0 unspecified atom stereocenters. The number of ether oxygens (including phenoxy) is 2. The molecule has 0 fully saturated rings. The fraction of sp³-hybridized carbons (Fsp3) is 0.909. The molecule has 0 radical (unpaired) electrons. The van der Waals surface area contributed by atoms with Gasteiger partial charge in [-0.05, 0) is 39.2 Å². The summed E-state index contributed by atoms with van der Waals surface area (Å²) in [5.74, 6) is 0.0673. The SMILES string of the molecule is CC(=O)COCCCOCCCCCN. The van der Waals surface area contributed by atoms with Gasteiger partial charge in [0.05, 0.1) is 0 Å². The molecule has 90 valence electrons. The first-order valence-electron chi connectivity index (χ1n) is 5.62. The molecule has 0 atom stereocenters. The highest BCUT2D eigenvalue weighted by atomic mass is 16.5. The Kier molecular flexibility index (Phi) is 11.3. The summed E-state index contributed by atoms with van der Waals surface area (Å²) in [4.78, 5) is 10.5. The van der Waals surface area contributed by atoms with E-state index in [4.69, 9.17) is 15.2 Å².